The molecule has 7 heteroatoms. The summed E-state index contributed by atoms with van der Waals surface area (Å²) in [5, 5.41) is 7.46. The molecule has 1 heterocycles. The van der Waals surface area contributed by atoms with Crippen LogP contribution in [0.15, 0.2) is 102 Å². The number of carbonyl (C=O) groups excluding carboxylic acids is 1. The Morgan fingerprint density at radius 2 is 1.53 bits per heavy atom. The van der Waals surface area contributed by atoms with Crippen LogP contribution >= 0.6 is 15.9 Å². The van der Waals surface area contributed by atoms with E-state index in [-0.39, 0.29) is 5.82 Å². The number of halogens is 1. The molecule has 1 aromatic heterocycles. The molecule has 0 saturated heterocycles. The number of hydrogen-bond acceptors (Lipinski definition) is 4. The summed E-state index contributed by atoms with van der Waals surface area (Å²) < 4.78 is 8.49. The van der Waals surface area contributed by atoms with Crippen LogP contribution in [0.25, 0.3) is 17.1 Å². The van der Waals surface area contributed by atoms with Gasteiger partial charge in [-0.15, -0.1) is 5.10 Å². The van der Waals surface area contributed by atoms with E-state index in [0.717, 1.165) is 27.0 Å². The van der Waals surface area contributed by atoms with Crippen LogP contribution < -0.4 is 10.1 Å². The molecule has 0 spiro atoms. The van der Waals surface area contributed by atoms with Crippen molar-refractivity contribution >= 4 is 27.5 Å². The standard InChI is InChI=1S/C29H23BrN4O2/c1-19-8-15-24(18-20(19)2)34-28(21-9-11-22(30)12-10-21)32-27(33-34)29(35)31-23-13-16-26(17-14-23)36-25-6-4-3-5-7-25/h3-18H,1-2H3,(H,31,35). The maximum absolute atomic E-state index is 13.1. The molecule has 178 valence electrons. The molecule has 0 saturated carbocycles. The van der Waals surface area contributed by atoms with E-state index in [1.165, 1.54) is 5.56 Å². The van der Waals surface area contributed by atoms with Crippen LogP contribution in [0.2, 0.25) is 0 Å². The third-order valence-electron chi connectivity index (χ3n) is 5.74. The molecule has 0 unspecified atom stereocenters. The second-order valence-electron chi connectivity index (χ2n) is 8.34. The van der Waals surface area contributed by atoms with E-state index in [4.69, 9.17) is 4.74 Å². The fourth-order valence-electron chi connectivity index (χ4n) is 3.65. The molecule has 0 aliphatic heterocycles. The topological polar surface area (TPSA) is 69.0 Å². The van der Waals surface area contributed by atoms with E-state index < -0.39 is 5.91 Å². The Morgan fingerprint density at radius 1 is 0.833 bits per heavy atom. The molecule has 5 rings (SSSR count). The third-order valence-corrected chi connectivity index (χ3v) is 6.27. The van der Waals surface area contributed by atoms with Crippen molar-refractivity contribution < 1.29 is 9.53 Å². The van der Waals surface area contributed by atoms with E-state index >= 15 is 0 Å². The highest BCUT2D eigenvalue weighted by Gasteiger charge is 2.19. The van der Waals surface area contributed by atoms with E-state index in [1.54, 1.807) is 28.9 Å². The number of hydrogen-bond donors (Lipinski definition) is 1. The first kappa shape index (κ1) is 23.5. The fraction of sp³-hybridized carbons (Fsp3) is 0.0690. The Bertz CT molecular complexity index is 1510. The molecule has 0 aliphatic rings. The largest absolute Gasteiger partial charge is 0.457 e. The van der Waals surface area contributed by atoms with E-state index in [9.17, 15) is 4.79 Å². The third kappa shape index (κ3) is 5.21. The smallest absolute Gasteiger partial charge is 0.295 e. The predicted molar refractivity (Wildman–Crippen MR) is 145 cm³/mol. The molecular weight excluding hydrogens is 516 g/mol. The number of anilines is 1. The van der Waals surface area contributed by atoms with Crippen molar-refractivity contribution in [2.75, 3.05) is 5.32 Å². The highest BCUT2D eigenvalue weighted by atomic mass is 79.9. The number of aryl methyl sites for hydroxylation is 2. The minimum atomic E-state index is -0.396. The van der Waals surface area contributed by atoms with Crippen LogP contribution in [0.1, 0.15) is 21.7 Å². The highest BCUT2D eigenvalue weighted by molar-refractivity contribution is 9.10. The van der Waals surface area contributed by atoms with Gasteiger partial charge in [-0.05, 0) is 85.6 Å². The second-order valence-corrected chi connectivity index (χ2v) is 9.26. The van der Waals surface area contributed by atoms with Gasteiger partial charge < -0.3 is 10.1 Å². The molecule has 0 aliphatic carbocycles. The molecule has 0 fully saturated rings. The molecule has 6 nitrogen and oxygen atoms in total. The van der Waals surface area contributed by atoms with Gasteiger partial charge in [0.15, 0.2) is 5.82 Å². The number of carbonyl (C=O) groups is 1. The molecule has 1 N–H and O–H groups in total. The maximum atomic E-state index is 13.1. The maximum Gasteiger partial charge on any atom is 0.295 e. The van der Waals surface area contributed by atoms with Gasteiger partial charge >= 0.3 is 0 Å². The van der Waals surface area contributed by atoms with Gasteiger partial charge in [-0.1, -0.05) is 52.3 Å². The van der Waals surface area contributed by atoms with Gasteiger partial charge in [0.1, 0.15) is 11.5 Å². The van der Waals surface area contributed by atoms with Gasteiger partial charge in [0.2, 0.25) is 5.82 Å². The minimum Gasteiger partial charge on any atom is -0.457 e. The molecular formula is C29H23BrN4O2. The molecule has 1 amide bonds. The molecule has 5 aromatic rings. The first-order chi connectivity index (χ1) is 17.5. The molecule has 0 radical (unpaired) electrons. The average molecular weight is 539 g/mol. The molecule has 4 aromatic carbocycles. The van der Waals surface area contributed by atoms with Crippen LogP contribution in [0.4, 0.5) is 5.69 Å². The van der Waals surface area contributed by atoms with Gasteiger partial charge in [-0.2, -0.15) is 0 Å². The summed E-state index contributed by atoms with van der Waals surface area (Å²) in [6.45, 7) is 4.11. The van der Waals surface area contributed by atoms with Crippen molar-refractivity contribution in [2.45, 2.75) is 13.8 Å². The number of nitrogens with one attached hydrogen (secondary N) is 1. The second kappa shape index (κ2) is 10.2. The Hall–Kier alpha value is -4.23. The number of benzene rings is 4. The van der Waals surface area contributed by atoms with Gasteiger partial charge in [0.25, 0.3) is 5.91 Å². The Kier molecular flexibility index (Phi) is 6.64. The summed E-state index contributed by atoms with van der Waals surface area (Å²) in [4.78, 5) is 17.7. The normalized spacial score (nSPS) is 10.8. The summed E-state index contributed by atoms with van der Waals surface area (Å²) in [7, 11) is 0. The van der Waals surface area contributed by atoms with Crippen LogP contribution in [-0.4, -0.2) is 20.7 Å². The van der Waals surface area contributed by atoms with Gasteiger partial charge in [0.05, 0.1) is 5.69 Å². The van der Waals surface area contributed by atoms with Gasteiger partial charge in [-0.25, -0.2) is 9.67 Å². The SMILES string of the molecule is Cc1ccc(-n2nc(C(=O)Nc3ccc(Oc4ccccc4)cc3)nc2-c2ccc(Br)cc2)cc1C. The summed E-state index contributed by atoms with van der Waals surface area (Å²) >= 11 is 3.47. The van der Waals surface area contributed by atoms with Crippen LogP contribution in [-0.2, 0) is 0 Å². The molecule has 36 heavy (non-hydrogen) atoms. The zero-order valence-corrected chi connectivity index (χ0v) is 21.4. The lowest BCUT2D eigenvalue weighted by Crippen LogP contribution is -2.14. The van der Waals surface area contributed by atoms with Gasteiger partial charge in [0, 0.05) is 15.7 Å². The number of amides is 1. The zero-order valence-electron chi connectivity index (χ0n) is 19.8. The van der Waals surface area contributed by atoms with E-state index in [0.29, 0.717) is 17.3 Å². The van der Waals surface area contributed by atoms with E-state index in [1.807, 2.05) is 79.7 Å². The Balaban J connectivity index is 1.42. The number of para-hydroxylation sites is 1. The molecule has 0 atom stereocenters. The first-order valence-corrected chi connectivity index (χ1v) is 12.2. The number of rotatable bonds is 6. The van der Waals surface area contributed by atoms with Crippen LogP contribution in [0.5, 0.6) is 11.5 Å². The fourth-order valence-corrected chi connectivity index (χ4v) is 3.91. The quantitative estimate of drug-likeness (QED) is 0.245. The predicted octanol–water partition coefficient (Wildman–Crippen LogP) is 7.36. The number of ether oxygens (including phenoxy) is 1. The van der Waals surface area contributed by atoms with Crippen molar-refractivity contribution in [2.24, 2.45) is 0 Å². The van der Waals surface area contributed by atoms with E-state index in [2.05, 4.69) is 38.3 Å². The summed E-state index contributed by atoms with van der Waals surface area (Å²) in [5.74, 6) is 1.69. The number of aromatic nitrogens is 3. The summed E-state index contributed by atoms with van der Waals surface area (Å²) in [6, 6.07) is 30.5. The van der Waals surface area contributed by atoms with Crippen molar-refractivity contribution in [3.63, 3.8) is 0 Å². The van der Waals surface area contributed by atoms with Crippen molar-refractivity contribution in [1.82, 2.24) is 14.8 Å². The summed E-state index contributed by atoms with van der Waals surface area (Å²) in [5.41, 5.74) is 4.62. The monoisotopic (exact) mass is 538 g/mol. The van der Waals surface area contributed by atoms with Crippen molar-refractivity contribution in [1.29, 1.82) is 0 Å². The number of nitrogens with zero attached hydrogens (tertiary/aromatic N) is 3. The summed E-state index contributed by atoms with van der Waals surface area (Å²) in [6.07, 6.45) is 0. The highest BCUT2D eigenvalue weighted by Crippen LogP contribution is 2.26. The van der Waals surface area contributed by atoms with Gasteiger partial charge in [-0.3, -0.25) is 4.79 Å². The first-order valence-electron chi connectivity index (χ1n) is 11.4. The Morgan fingerprint density at radius 3 is 2.22 bits per heavy atom. The Labute approximate surface area is 217 Å². The lowest BCUT2D eigenvalue weighted by molar-refractivity contribution is 0.101. The lowest BCUT2D eigenvalue weighted by atomic mass is 10.1. The van der Waals surface area contributed by atoms with Crippen molar-refractivity contribution in [3.05, 3.63) is 118 Å². The van der Waals surface area contributed by atoms with Crippen LogP contribution in [0.3, 0.4) is 0 Å². The minimum absolute atomic E-state index is 0.0794. The molecule has 0 bridgehead atoms. The van der Waals surface area contributed by atoms with Crippen molar-refractivity contribution in [3.8, 4) is 28.6 Å². The average Bonchev–Trinajstić information content (AvgIpc) is 3.34. The lowest BCUT2D eigenvalue weighted by Gasteiger charge is -2.08. The zero-order chi connectivity index (χ0) is 25.1. The van der Waals surface area contributed by atoms with Crippen LogP contribution in [0, 0.1) is 13.8 Å².